The number of carbonyl (C=O) groups is 1. The number of hydrogen-bond acceptors (Lipinski definition) is 5. The van der Waals surface area contributed by atoms with Crippen LogP contribution in [-0.2, 0) is 11.3 Å². The van der Waals surface area contributed by atoms with Gasteiger partial charge in [0.05, 0.1) is 27.8 Å². The van der Waals surface area contributed by atoms with Crippen molar-refractivity contribution in [3.05, 3.63) is 110 Å². The van der Waals surface area contributed by atoms with Crippen LogP contribution in [0.15, 0.2) is 76.3 Å². The van der Waals surface area contributed by atoms with Crippen molar-refractivity contribution in [2.45, 2.75) is 26.4 Å². The summed E-state index contributed by atoms with van der Waals surface area (Å²) in [5, 5.41) is 11.3. The maximum Gasteiger partial charge on any atom is 0.332 e. The number of para-hydroxylation sites is 1. The molecule has 5 aromatic rings. The van der Waals surface area contributed by atoms with Crippen LogP contribution in [0.5, 0.6) is 0 Å². The molecule has 1 N–H and O–H groups in total. The zero-order valence-corrected chi connectivity index (χ0v) is 19.4. The van der Waals surface area contributed by atoms with E-state index in [2.05, 4.69) is 16.5 Å². The normalized spacial score (nSPS) is 12.3. The summed E-state index contributed by atoms with van der Waals surface area (Å²) >= 11 is 1.36. The molecule has 7 nitrogen and oxygen atoms in total. The first-order valence-electron chi connectivity index (χ1n) is 10.7. The van der Waals surface area contributed by atoms with E-state index in [1.807, 2.05) is 13.8 Å². The number of carboxylic acids is 1. The highest BCUT2D eigenvalue weighted by molar-refractivity contribution is 7.13. The highest BCUT2D eigenvalue weighted by Crippen LogP contribution is 2.28. The summed E-state index contributed by atoms with van der Waals surface area (Å²) in [5.74, 6) is -1.28. The first-order valence-corrected chi connectivity index (χ1v) is 11.5. The Morgan fingerprint density at radius 2 is 1.74 bits per heavy atom. The lowest BCUT2D eigenvalue weighted by Crippen LogP contribution is -2.45. The third-order valence-corrected chi connectivity index (χ3v) is 6.81. The van der Waals surface area contributed by atoms with Crippen molar-refractivity contribution in [3.8, 4) is 0 Å². The molecule has 1 atom stereocenters. The van der Waals surface area contributed by atoms with E-state index in [1.54, 1.807) is 54.6 Å². The summed E-state index contributed by atoms with van der Waals surface area (Å²) in [4.78, 5) is 39.5. The molecule has 0 fully saturated rings. The van der Waals surface area contributed by atoms with Gasteiger partial charge >= 0.3 is 11.7 Å². The summed E-state index contributed by atoms with van der Waals surface area (Å²) in [6.07, 6.45) is 0. The molecule has 0 bridgehead atoms. The molecule has 0 saturated carbocycles. The Hall–Kier alpha value is -4.04. The van der Waals surface area contributed by atoms with E-state index in [0.29, 0.717) is 16.8 Å². The van der Waals surface area contributed by atoms with Gasteiger partial charge in [-0.15, -0.1) is 0 Å². The zero-order valence-electron chi connectivity index (χ0n) is 18.6. The summed E-state index contributed by atoms with van der Waals surface area (Å²) in [6, 6.07) is 17.8. The van der Waals surface area contributed by atoms with E-state index >= 15 is 0 Å². The number of carboxylic acid groups (broad SMARTS) is 1. The number of hydrogen-bond donors (Lipinski definition) is 1. The lowest BCUT2D eigenvalue weighted by molar-refractivity contribution is -0.139. The van der Waals surface area contributed by atoms with Gasteiger partial charge in [0, 0.05) is 5.39 Å². The summed E-state index contributed by atoms with van der Waals surface area (Å²) in [7, 11) is 0. The van der Waals surface area contributed by atoms with Crippen LogP contribution >= 0.6 is 11.5 Å². The fourth-order valence-electron chi connectivity index (χ4n) is 4.54. The molecule has 2 heterocycles. The first-order chi connectivity index (χ1) is 16.4. The number of rotatable bonds is 5. The maximum absolute atomic E-state index is 13.8. The van der Waals surface area contributed by atoms with Crippen LogP contribution in [0.3, 0.4) is 0 Å². The van der Waals surface area contributed by atoms with E-state index < -0.39 is 23.3 Å². The number of benzene rings is 3. The monoisotopic (exact) mass is 471 g/mol. The van der Waals surface area contributed by atoms with Gasteiger partial charge in [0.2, 0.25) is 0 Å². The molecule has 2 aromatic heterocycles. The summed E-state index contributed by atoms with van der Waals surface area (Å²) < 4.78 is 7.91. The van der Waals surface area contributed by atoms with Crippen molar-refractivity contribution in [3.63, 3.8) is 0 Å². The fraction of sp³-hybridized carbons (Fsp3) is 0.154. The van der Waals surface area contributed by atoms with Crippen molar-refractivity contribution < 1.29 is 9.90 Å². The molecule has 0 aliphatic heterocycles. The summed E-state index contributed by atoms with van der Waals surface area (Å²) in [5.41, 5.74) is 2.36. The van der Waals surface area contributed by atoms with Crippen LogP contribution in [-0.4, -0.2) is 24.6 Å². The number of aryl methyl sites for hydroxylation is 2. The Balaban J connectivity index is 1.79. The second-order valence-corrected chi connectivity index (χ2v) is 9.10. The average Bonchev–Trinajstić information content (AvgIpc) is 3.22. The molecule has 0 aliphatic carbocycles. The Labute approximate surface area is 198 Å². The van der Waals surface area contributed by atoms with Gasteiger partial charge in [0.15, 0.2) is 6.04 Å². The highest BCUT2D eigenvalue weighted by atomic mass is 32.1. The van der Waals surface area contributed by atoms with Crippen molar-refractivity contribution in [1.82, 2.24) is 13.5 Å². The minimum absolute atomic E-state index is 0.116. The minimum Gasteiger partial charge on any atom is -0.479 e. The molecular formula is C26H21N3O4S. The molecule has 5 rings (SSSR count). The molecule has 0 unspecified atom stereocenters. The maximum atomic E-state index is 13.8. The summed E-state index contributed by atoms with van der Waals surface area (Å²) in [6.45, 7) is 4.14. The number of nitrogens with zero attached hydrogens (tertiary/aromatic N) is 3. The van der Waals surface area contributed by atoms with Gasteiger partial charge in [-0.2, -0.15) is 4.37 Å². The van der Waals surface area contributed by atoms with Gasteiger partial charge in [0.25, 0.3) is 5.56 Å². The number of aromatic nitrogens is 3. The molecule has 0 saturated heterocycles. The van der Waals surface area contributed by atoms with Gasteiger partial charge in [-0.05, 0) is 60.3 Å². The molecule has 0 amide bonds. The van der Waals surface area contributed by atoms with Crippen LogP contribution in [0, 0.1) is 13.8 Å². The van der Waals surface area contributed by atoms with Gasteiger partial charge in [0.1, 0.15) is 0 Å². The third kappa shape index (κ3) is 3.52. The van der Waals surface area contributed by atoms with Crippen LogP contribution in [0.2, 0.25) is 0 Å². The lowest BCUT2D eigenvalue weighted by Gasteiger charge is -2.19. The first kappa shape index (κ1) is 21.8. The largest absolute Gasteiger partial charge is 0.479 e. The SMILES string of the molecule is Cc1cc(C)c2c(Cn3c(=O)n([C@H](C(=O)O)c4ccccc4)c(=O)c4ccccc43)nsc2c1. The number of aliphatic carboxylic acids is 1. The second-order valence-electron chi connectivity index (χ2n) is 8.30. The van der Waals surface area contributed by atoms with Crippen LogP contribution in [0.1, 0.15) is 28.4 Å². The van der Waals surface area contributed by atoms with Crippen molar-refractivity contribution >= 4 is 38.5 Å². The van der Waals surface area contributed by atoms with E-state index in [0.717, 1.165) is 25.8 Å². The van der Waals surface area contributed by atoms with Crippen LogP contribution in [0.25, 0.3) is 21.0 Å². The molecule has 8 heteroatoms. The molecule has 34 heavy (non-hydrogen) atoms. The van der Waals surface area contributed by atoms with Crippen LogP contribution < -0.4 is 11.2 Å². The lowest BCUT2D eigenvalue weighted by atomic mass is 10.1. The molecular weight excluding hydrogens is 450 g/mol. The second kappa shape index (κ2) is 8.39. The topological polar surface area (TPSA) is 94.2 Å². The van der Waals surface area contributed by atoms with E-state index in [9.17, 15) is 19.5 Å². The quantitative estimate of drug-likeness (QED) is 0.416. The Kier molecular flexibility index (Phi) is 5.37. The average molecular weight is 472 g/mol. The predicted molar refractivity (Wildman–Crippen MR) is 133 cm³/mol. The van der Waals surface area contributed by atoms with Gasteiger partial charge < -0.3 is 5.11 Å². The Morgan fingerprint density at radius 3 is 2.47 bits per heavy atom. The minimum atomic E-state index is -1.45. The van der Waals surface area contributed by atoms with Crippen molar-refractivity contribution in [2.75, 3.05) is 0 Å². The molecule has 0 spiro atoms. The predicted octanol–water partition coefficient (Wildman–Crippen LogP) is 4.11. The molecule has 0 aliphatic rings. The Morgan fingerprint density at radius 1 is 1.03 bits per heavy atom. The van der Waals surface area contributed by atoms with Gasteiger partial charge in [-0.3, -0.25) is 9.36 Å². The standard InChI is InChI=1S/C26H21N3O4S/c1-15-12-16(2)22-19(27-34-21(22)13-15)14-28-20-11-7-6-10-18(20)24(30)29(26(28)33)23(25(31)32)17-8-4-3-5-9-17/h3-13,23H,14H2,1-2H3,(H,31,32)/t23-/m0/s1. The van der Waals surface area contributed by atoms with E-state index in [-0.39, 0.29) is 11.9 Å². The van der Waals surface area contributed by atoms with Crippen molar-refractivity contribution in [2.24, 2.45) is 0 Å². The molecule has 0 radical (unpaired) electrons. The highest BCUT2D eigenvalue weighted by Gasteiger charge is 2.28. The smallest absolute Gasteiger partial charge is 0.332 e. The van der Waals surface area contributed by atoms with E-state index in [4.69, 9.17) is 0 Å². The molecule has 3 aromatic carbocycles. The van der Waals surface area contributed by atoms with Crippen LogP contribution in [0.4, 0.5) is 0 Å². The van der Waals surface area contributed by atoms with E-state index in [1.165, 1.54) is 16.1 Å². The van der Waals surface area contributed by atoms with Gasteiger partial charge in [-0.1, -0.05) is 48.5 Å². The third-order valence-electron chi connectivity index (χ3n) is 5.98. The fourth-order valence-corrected chi connectivity index (χ4v) is 5.50. The van der Waals surface area contributed by atoms with Crippen molar-refractivity contribution in [1.29, 1.82) is 0 Å². The Bertz CT molecular complexity index is 1680. The molecule has 170 valence electrons. The zero-order chi connectivity index (χ0) is 24.0. The number of fused-ring (bicyclic) bond motifs is 2. The van der Waals surface area contributed by atoms with Gasteiger partial charge in [-0.25, -0.2) is 14.2 Å².